The Balaban J connectivity index is 1.54. The Labute approximate surface area is 165 Å². The van der Waals surface area contributed by atoms with Crippen LogP contribution in [0.5, 0.6) is 5.75 Å². The molecule has 0 radical (unpaired) electrons. The number of benzene rings is 1. The second-order valence-electron chi connectivity index (χ2n) is 8.39. The summed E-state index contributed by atoms with van der Waals surface area (Å²) in [6, 6.07) is 9.17. The van der Waals surface area contributed by atoms with Crippen LogP contribution in [0, 0.1) is 11.7 Å². The number of hydrogen-bond donors (Lipinski definition) is 0. The maximum Gasteiger partial charge on any atom is 0.255 e. The van der Waals surface area contributed by atoms with Crippen LogP contribution >= 0.6 is 0 Å². The summed E-state index contributed by atoms with van der Waals surface area (Å²) in [6.45, 7) is 3.76. The number of halogens is 1. The fourth-order valence-electron chi connectivity index (χ4n) is 4.70. The standard InChI is InChI=1S/C22H28FN3O2/c1-24(2)12-17-5-7-21-18-8-15(11-26(21)22(17)27)10-25(14-18)13-16-4-6-19(28-3)9-20(16)23/h4-7,9,15,18H,8,10-14H2,1-3H3/t15-,18+/m0/s1. The van der Waals surface area contributed by atoms with Crippen molar-refractivity contribution in [3.8, 4) is 5.75 Å². The first kappa shape index (κ1) is 19.2. The SMILES string of the molecule is COc1ccc(CN2C[C@@H]3C[C@H](C2)c2ccc(CN(C)C)c(=O)n2C3)c(F)c1. The van der Waals surface area contributed by atoms with Gasteiger partial charge in [0.25, 0.3) is 5.56 Å². The van der Waals surface area contributed by atoms with Crippen molar-refractivity contribution in [3.05, 3.63) is 63.3 Å². The number of fused-ring (bicyclic) bond motifs is 4. The van der Waals surface area contributed by atoms with E-state index in [0.717, 1.165) is 37.3 Å². The highest BCUT2D eigenvalue weighted by Crippen LogP contribution is 2.36. The summed E-state index contributed by atoms with van der Waals surface area (Å²) in [7, 11) is 5.51. The van der Waals surface area contributed by atoms with Crippen LogP contribution in [0.1, 0.15) is 29.2 Å². The average molecular weight is 385 g/mol. The lowest BCUT2D eigenvalue weighted by atomic mass is 9.82. The van der Waals surface area contributed by atoms with Crippen molar-refractivity contribution in [3.63, 3.8) is 0 Å². The van der Waals surface area contributed by atoms with Crippen LogP contribution in [-0.4, -0.2) is 48.7 Å². The number of nitrogens with zero attached hydrogens (tertiary/aromatic N) is 3. The minimum absolute atomic E-state index is 0.149. The van der Waals surface area contributed by atoms with Crippen LogP contribution < -0.4 is 10.3 Å². The Bertz CT molecular complexity index is 924. The van der Waals surface area contributed by atoms with Crippen molar-refractivity contribution in [2.24, 2.45) is 5.92 Å². The second-order valence-corrected chi connectivity index (χ2v) is 8.39. The van der Waals surface area contributed by atoms with Crippen LogP contribution in [0.2, 0.25) is 0 Å². The molecule has 0 N–H and O–H groups in total. The minimum Gasteiger partial charge on any atom is -0.497 e. The van der Waals surface area contributed by atoms with Crippen LogP contribution in [0.4, 0.5) is 4.39 Å². The van der Waals surface area contributed by atoms with Crippen molar-refractivity contribution in [1.82, 2.24) is 14.4 Å². The number of methoxy groups -OCH3 is 1. The van der Waals surface area contributed by atoms with Gasteiger partial charge in [0.2, 0.25) is 0 Å². The topological polar surface area (TPSA) is 37.7 Å². The van der Waals surface area contributed by atoms with E-state index in [1.165, 1.54) is 6.07 Å². The first-order chi connectivity index (χ1) is 13.4. The van der Waals surface area contributed by atoms with Gasteiger partial charge in [0.1, 0.15) is 11.6 Å². The van der Waals surface area contributed by atoms with Crippen LogP contribution in [0.15, 0.2) is 35.1 Å². The van der Waals surface area contributed by atoms with Gasteiger partial charge >= 0.3 is 0 Å². The summed E-state index contributed by atoms with van der Waals surface area (Å²) in [6.07, 6.45) is 1.11. The quantitative estimate of drug-likeness (QED) is 0.793. The van der Waals surface area contributed by atoms with Crippen molar-refractivity contribution in [2.75, 3.05) is 34.3 Å². The van der Waals surface area contributed by atoms with Gasteiger partial charge in [-0.15, -0.1) is 0 Å². The van der Waals surface area contributed by atoms with Crippen LogP contribution in [-0.2, 0) is 19.6 Å². The predicted molar refractivity (Wildman–Crippen MR) is 107 cm³/mol. The predicted octanol–water partition coefficient (Wildman–Crippen LogP) is 2.68. The summed E-state index contributed by atoms with van der Waals surface area (Å²) >= 11 is 0. The lowest BCUT2D eigenvalue weighted by Gasteiger charge is -2.43. The molecule has 1 saturated heterocycles. The summed E-state index contributed by atoms with van der Waals surface area (Å²) in [5.74, 6) is 1.08. The van der Waals surface area contributed by atoms with Gasteiger partial charge in [-0.3, -0.25) is 9.69 Å². The van der Waals surface area contributed by atoms with Gasteiger partial charge in [0.15, 0.2) is 0 Å². The molecule has 5 nitrogen and oxygen atoms in total. The number of likely N-dealkylation sites (tertiary alicyclic amines) is 1. The molecule has 0 saturated carbocycles. The highest BCUT2D eigenvalue weighted by molar-refractivity contribution is 5.29. The number of rotatable bonds is 5. The van der Waals surface area contributed by atoms with E-state index in [0.29, 0.717) is 36.2 Å². The van der Waals surface area contributed by atoms with E-state index in [2.05, 4.69) is 11.0 Å². The molecule has 0 spiro atoms. The van der Waals surface area contributed by atoms with Gasteiger partial charge in [0, 0.05) is 61.5 Å². The Hall–Kier alpha value is -2.18. The molecular formula is C22H28FN3O2. The third-order valence-corrected chi connectivity index (χ3v) is 5.90. The second kappa shape index (κ2) is 7.68. The highest BCUT2D eigenvalue weighted by atomic mass is 19.1. The average Bonchev–Trinajstić information content (AvgIpc) is 2.65. The molecule has 0 unspecified atom stereocenters. The zero-order valence-electron chi connectivity index (χ0n) is 16.8. The first-order valence-corrected chi connectivity index (χ1v) is 9.86. The van der Waals surface area contributed by atoms with Crippen molar-refractivity contribution >= 4 is 0 Å². The Morgan fingerprint density at radius 3 is 2.64 bits per heavy atom. The van der Waals surface area contributed by atoms with E-state index in [9.17, 15) is 9.18 Å². The largest absolute Gasteiger partial charge is 0.497 e. The first-order valence-electron chi connectivity index (χ1n) is 9.86. The monoisotopic (exact) mass is 385 g/mol. The molecule has 2 aromatic rings. The molecule has 3 heterocycles. The van der Waals surface area contributed by atoms with E-state index >= 15 is 0 Å². The molecular weight excluding hydrogens is 357 g/mol. The van der Waals surface area contributed by atoms with E-state index in [4.69, 9.17) is 4.74 Å². The molecule has 2 atom stereocenters. The molecule has 0 aliphatic carbocycles. The molecule has 1 fully saturated rings. The lowest BCUT2D eigenvalue weighted by molar-refractivity contribution is 0.113. The summed E-state index contributed by atoms with van der Waals surface area (Å²) < 4.78 is 21.5. The van der Waals surface area contributed by atoms with Gasteiger partial charge in [0.05, 0.1) is 7.11 Å². The zero-order valence-corrected chi connectivity index (χ0v) is 16.8. The fraction of sp³-hybridized carbons (Fsp3) is 0.500. The Kier molecular flexibility index (Phi) is 5.25. The maximum absolute atomic E-state index is 14.4. The third kappa shape index (κ3) is 3.71. The van der Waals surface area contributed by atoms with Gasteiger partial charge in [-0.1, -0.05) is 12.1 Å². The van der Waals surface area contributed by atoms with Crippen molar-refractivity contribution in [1.29, 1.82) is 0 Å². The smallest absolute Gasteiger partial charge is 0.255 e. The minimum atomic E-state index is -0.222. The van der Waals surface area contributed by atoms with E-state index in [1.54, 1.807) is 7.11 Å². The van der Waals surface area contributed by atoms with Gasteiger partial charge in [-0.25, -0.2) is 4.39 Å². The maximum atomic E-state index is 14.4. The summed E-state index contributed by atoms with van der Waals surface area (Å²) in [5, 5.41) is 0. The van der Waals surface area contributed by atoms with Crippen LogP contribution in [0.25, 0.3) is 0 Å². The molecule has 1 aromatic heterocycles. The number of pyridine rings is 1. The molecule has 2 aliphatic heterocycles. The molecule has 1 aromatic carbocycles. The van der Waals surface area contributed by atoms with E-state index in [-0.39, 0.29) is 11.4 Å². The molecule has 0 amide bonds. The number of hydrogen-bond acceptors (Lipinski definition) is 4. The molecule has 28 heavy (non-hydrogen) atoms. The van der Waals surface area contributed by atoms with Gasteiger partial charge < -0.3 is 14.2 Å². The summed E-state index contributed by atoms with van der Waals surface area (Å²) in [5.41, 5.74) is 2.82. The molecule has 4 rings (SSSR count). The zero-order chi connectivity index (χ0) is 19.8. The normalized spacial score (nSPS) is 21.6. The van der Waals surface area contributed by atoms with E-state index in [1.807, 2.05) is 41.8 Å². The highest BCUT2D eigenvalue weighted by Gasteiger charge is 2.35. The molecule has 6 heteroatoms. The van der Waals surface area contributed by atoms with Crippen molar-refractivity contribution in [2.45, 2.75) is 32.0 Å². The number of aromatic nitrogens is 1. The molecule has 150 valence electrons. The number of piperidine rings is 1. The van der Waals surface area contributed by atoms with Gasteiger partial charge in [-0.05, 0) is 38.6 Å². The number of ether oxygens (including phenoxy) is 1. The molecule has 2 bridgehead atoms. The van der Waals surface area contributed by atoms with E-state index < -0.39 is 0 Å². The van der Waals surface area contributed by atoms with Crippen molar-refractivity contribution < 1.29 is 9.13 Å². The Morgan fingerprint density at radius 2 is 1.93 bits per heavy atom. The third-order valence-electron chi connectivity index (χ3n) is 5.90. The Morgan fingerprint density at radius 1 is 1.14 bits per heavy atom. The summed E-state index contributed by atoms with van der Waals surface area (Å²) in [4.78, 5) is 17.3. The fourth-order valence-corrected chi connectivity index (χ4v) is 4.70. The van der Waals surface area contributed by atoms with Gasteiger partial charge in [-0.2, -0.15) is 0 Å². The van der Waals surface area contributed by atoms with Crippen LogP contribution in [0.3, 0.4) is 0 Å². The lowest BCUT2D eigenvalue weighted by Crippen LogP contribution is -2.47. The molecule has 2 aliphatic rings.